The van der Waals surface area contributed by atoms with Gasteiger partial charge in [-0.05, 0) is 67.9 Å². The summed E-state index contributed by atoms with van der Waals surface area (Å²) in [6.07, 6.45) is 4.44. The van der Waals surface area contributed by atoms with Crippen LogP contribution in [0, 0.1) is 6.92 Å². The van der Waals surface area contributed by atoms with Crippen LogP contribution >= 0.6 is 11.3 Å². The number of anilines is 2. The standard InChI is InChI=1S/C23H23N5OS/c1-15-10-11-25-22(12-15)28-21-5-3-4-18(27-21)20-14-26-23(30-20)19(24-2)13-16-6-8-17(29)9-7-16/h3-12,14,19,24,29H,13H2,1-2H3,(H,25,27,28). The molecule has 0 radical (unpaired) electrons. The van der Waals surface area contributed by atoms with Crippen molar-refractivity contribution in [3.63, 3.8) is 0 Å². The Hall–Kier alpha value is -3.29. The van der Waals surface area contributed by atoms with Gasteiger partial charge < -0.3 is 15.7 Å². The van der Waals surface area contributed by atoms with Crippen LogP contribution < -0.4 is 10.6 Å². The van der Waals surface area contributed by atoms with Crippen LogP contribution in [0.2, 0.25) is 0 Å². The van der Waals surface area contributed by atoms with Gasteiger partial charge in [0.1, 0.15) is 22.4 Å². The molecular formula is C23H23N5OS. The first-order valence-corrected chi connectivity index (χ1v) is 10.5. The Bertz CT molecular complexity index is 1130. The smallest absolute Gasteiger partial charge is 0.132 e. The molecule has 4 rings (SSSR count). The Labute approximate surface area is 179 Å². The van der Waals surface area contributed by atoms with E-state index in [1.807, 2.05) is 62.6 Å². The van der Waals surface area contributed by atoms with E-state index in [0.29, 0.717) is 0 Å². The molecule has 0 aliphatic carbocycles. The molecule has 0 bridgehead atoms. The third kappa shape index (κ3) is 4.82. The van der Waals surface area contributed by atoms with Crippen LogP contribution in [0.3, 0.4) is 0 Å². The predicted octanol–water partition coefficient (Wildman–Crippen LogP) is 4.86. The van der Waals surface area contributed by atoms with Gasteiger partial charge in [-0.15, -0.1) is 11.3 Å². The quantitative estimate of drug-likeness (QED) is 0.398. The zero-order valence-electron chi connectivity index (χ0n) is 16.8. The van der Waals surface area contributed by atoms with E-state index in [2.05, 4.69) is 20.6 Å². The van der Waals surface area contributed by atoms with Gasteiger partial charge in [-0.1, -0.05) is 18.2 Å². The van der Waals surface area contributed by atoms with Crippen LogP contribution in [0.4, 0.5) is 11.6 Å². The first kappa shape index (κ1) is 20.0. The fourth-order valence-corrected chi connectivity index (χ4v) is 4.12. The number of thiazole rings is 1. The van der Waals surface area contributed by atoms with Gasteiger partial charge in [-0.25, -0.2) is 15.0 Å². The molecule has 0 saturated carbocycles. The number of nitrogens with one attached hydrogen (secondary N) is 2. The number of likely N-dealkylation sites (N-methyl/N-ethyl adjacent to an activating group) is 1. The lowest BCUT2D eigenvalue weighted by atomic mass is 10.1. The molecule has 6 nitrogen and oxygen atoms in total. The van der Waals surface area contributed by atoms with Crippen molar-refractivity contribution in [1.29, 1.82) is 0 Å². The number of hydrogen-bond acceptors (Lipinski definition) is 7. The van der Waals surface area contributed by atoms with Gasteiger partial charge in [-0.3, -0.25) is 0 Å². The number of aromatic nitrogens is 3. The van der Waals surface area contributed by atoms with Gasteiger partial charge in [0.05, 0.1) is 16.6 Å². The molecule has 1 atom stereocenters. The lowest BCUT2D eigenvalue weighted by Gasteiger charge is -2.13. The Morgan fingerprint density at radius 3 is 2.63 bits per heavy atom. The van der Waals surface area contributed by atoms with Gasteiger partial charge in [0.2, 0.25) is 0 Å². The number of rotatable bonds is 7. The number of benzene rings is 1. The summed E-state index contributed by atoms with van der Waals surface area (Å²) in [5.74, 6) is 1.79. The van der Waals surface area contributed by atoms with Crippen molar-refractivity contribution in [3.8, 4) is 16.3 Å². The molecule has 0 saturated heterocycles. The number of aromatic hydroxyl groups is 1. The van der Waals surface area contributed by atoms with Crippen LogP contribution in [0.5, 0.6) is 5.75 Å². The fraction of sp³-hybridized carbons (Fsp3) is 0.174. The monoisotopic (exact) mass is 417 g/mol. The average molecular weight is 418 g/mol. The van der Waals surface area contributed by atoms with Crippen molar-refractivity contribution < 1.29 is 5.11 Å². The highest BCUT2D eigenvalue weighted by Gasteiger charge is 2.16. The van der Waals surface area contributed by atoms with E-state index >= 15 is 0 Å². The van der Waals surface area contributed by atoms with Crippen LogP contribution in [-0.2, 0) is 6.42 Å². The summed E-state index contributed by atoms with van der Waals surface area (Å²) in [6.45, 7) is 2.03. The number of pyridine rings is 2. The number of aryl methyl sites for hydroxylation is 1. The summed E-state index contributed by atoms with van der Waals surface area (Å²) in [5.41, 5.74) is 3.15. The summed E-state index contributed by atoms with van der Waals surface area (Å²) < 4.78 is 0. The topological polar surface area (TPSA) is 83.0 Å². The maximum atomic E-state index is 9.48. The summed E-state index contributed by atoms with van der Waals surface area (Å²) >= 11 is 1.63. The van der Waals surface area contributed by atoms with E-state index in [0.717, 1.165) is 44.8 Å². The van der Waals surface area contributed by atoms with E-state index in [-0.39, 0.29) is 11.8 Å². The van der Waals surface area contributed by atoms with Crippen molar-refractivity contribution in [3.05, 3.63) is 83.1 Å². The first-order valence-electron chi connectivity index (χ1n) is 9.69. The first-order chi connectivity index (χ1) is 14.6. The normalized spacial score (nSPS) is 11.9. The van der Waals surface area contributed by atoms with Crippen molar-refractivity contribution in [2.45, 2.75) is 19.4 Å². The van der Waals surface area contributed by atoms with Crippen LogP contribution in [-0.4, -0.2) is 27.1 Å². The molecule has 3 N–H and O–H groups in total. The molecule has 0 aliphatic heterocycles. The minimum Gasteiger partial charge on any atom is -0.508 e. The molecule has 0 aliphatic rings. The van der Waals surface area contributed by atoms with Gasteiger partial charge in [0, 0.05) is 12.4 Å². The third-order valence-corrected chi connectivity index (χ3v) is 5.85. The fourth-order valence-electron chi connectivity index (χ4n) is 3.13. The van der Waals surface area contributed by atoms with Crippen molar-refractivity contribution >= 4 is 23.0 Å². The zero-order valence-corrected chi connectivity index (χ0v) is 17.6. The summed E-state index contributed by atoms with van der Waals surface area (Å²) in [5, 5.41) is 17.1. The number of phenolic OH excluding ortho intramolecular Hbond substituents is 1. The predicted molar refractivity (Wildman–Crippen MR) is 121 cm³/mol. The maximum absolute atomic E-state index is 9.48. The molecule has 4 aromatic rings. The van der Waals surface area contributed by atoms with E-state index in [1.165, 1.54) is 0 Å². The van der Waals surface area contributed by atoms with Crippen LogP contribution in [0.15, 0.2) is 67.0 Å². The highest BCUT2D eigenvalue weighted by atomic mass is 32.1. The molecule has 3 heterocycles. The minimum absolute atomic E-state index is 0.0890. The molecule has 0 fully saturated rings. The third-order valence-electron chi connectivity index (χ3n) is 4.72. The number of nitrogens with zero attached hydrogens (tertiary/aromatic N) is 3. The van der Waals surface area contributed by atoms with E-state index in [9.17, 15) is 5.11 Å². The Morgan fingerprint density at radius 1 is 1.03 bits per heavy atom. The second kappa shape index (κ2) is 9.02. The van der Waals surface area contributed by atoms with Crippen molar-refractivity contribution in [1.82, 2.24) is 20.3 Å². The molecule has 7 heteroatoms. The van der Waals surface area contributed by atoms with Crippen LogP contribution in [0.1, 0.15) is 22.2 Å². The van der Waals surface area contributed by atoms with Gasteiger partial charge >= 0.3 is 0 Å². The largest absolute Gasteiger partial charge is 0.508 e. The van der Waals surface area contributed by atoms with Gasteiger partial charge in [0.25, 0.3) is 0 Å². The summed E-state index contributed by atoms with van der Waals surface area (Å²) in [6, 6.07) is 17.2. The molecule has 0 amide bonds. The summed E-state index contributed by atoms with van der Waals surface area (Å²) in [4.78, 5) is 14.7. The second-order valence-corrected chi connectivity index (χ2v) is 8.09. The molecule has 3 aromatic heterocycles. The molecule has 0 spiro atoms. The highest BCUT2D eigenvalue weighted by Crippen LogP contribution is 2.30. The van der Waals surface area contributed by atoms with Crippen molar-refractivity contribution in [2.24, 2.45) is 0 Å². The number of phenols is 1. The van der Waals surface area contributed by atoms with Gasteiger partial charge in [-0.2, -0.15) is 0 Å². The van der Waals surface area contributed by atoms with Crippen molar-refractivity contribution in [2.75, 3.05) is 12.4 Å². The Kier molecular flexibility index (Phi) is 6.02. The molecular weight excluding hydrogens is 394 g/mol. The number of hydrogen-bond donors (Lipinski definition) is 3. The Morgan fingerprint density at radius 2 is 1.87 bits per heavy atom. The molecule has 30 heavy (non-hydrogen) atoms. The molecule has 1 unspecified atom stereocenters. The minimum atomic E-state index is 0.0890. The molecule has 152 valence electrons. The molecule has 1 aromatic carbocycles. The SMILES string of the molecule is CNC(Cc1ccc(O)cc1)c1ncc(-c2cccc(Nc3cc(C)ccn3)n2)s1. The average Bonchev–Trinajstić information content (AvgIpc) is 3.24. The lowest BCUT2D eigenvalue weighted by Crippen LogP contribution is -2.18. The second-order valence-electron chi connectivity index (χ2n) is 7.03. The van der Waals surface area contributed by atoms with E-state index in [1.54, 1.807) is 29.7 Å². The van der Waals surface area contributed by atoms with E-state index in [4.69, 9.17) is 4.98 Å². The van der Waals surface area contributed by atoms with Crippen LogP contribution in [0.25, 0.3) is 10.6 Å². The summed E-state index contributed by atoms with van der Waals surface area (Å²) in [7, 11) is 1.93. The van der Waals surface area contributed by atoms with E-state index < -0.39 is 0 Å². The highest BCUT2D eigenvalue weighted by molar-refractivity contribution is 7.15. The Balaban J connectivity index is 1.52. The van der Waals surface area contributed by atoms with Gasteiger partial charge in [0.15, 0.2) is 0 Å². The lowest BCUT2D eigenvalue weighted by molar-refractivity contribution is 0.475. The maximum Gasteiger partial charge on any atom is 0.132 e. The zero-order chi connectivity index (χ0) is 20.9.